The zero-order valence-corrected chi connectivity index (χ0v) is 15.1. The summed E-state index contributed by atoms with van der Waals surface area (Å²) >= 11 is 0. The zero-order valence-electron chi connectivity index (χ0n) is 15.1. The average molecular weight is 303 g/mol. The molecule has 0 aliphatic heterocycles. The molecule has 0 bridgehead atoms. The Morgan fingerprint density at radius 1 is 0.636 bits per heavy atom. The summed E-state index contributed by atoms with van der Waals surface area (Å²) in [5.41, 5.74) is 0. The molecule has 0 saturated heterocycles. The van der Waals surface area contributed by atoms with Gasteiger partial charge in [0, 0.05) is 0 Å². The SMILES string of the molecule is CC1CCCC2C3CCCCC3C(C(C)C3CCCCC3)C12. The van der Waals surface area contributed by atoms with E-state index in [2.05, 4.69) is 13.8 Å². The molecule has 0 aromatic heterocycles. The van der Waals surface area contributed by atoms with Gasteiger partial charge in [0.15, 0.2) is 0 Å². The Hall–Kier alpha value is 0. The van der Waals surface area contributed by atoms with E-state index in [1.807, 2.05) is 0 Å². The molecule has 0 radical (unpaired) electrons. The third-order valence-electron chi connectivity index (χ3n) is 8.71. The Kier molecular flexibility index (Phi) is 4.57. The fourth-order valence-corrected chi connectivity index (χ4v) is 7.84. The van der Waals surface area contributed by atoms with Crippen molar-refractivity contribution >= 4 is 0 Å². The number of rotatable bonds is 2. The van der Waals surface area contributed by atoms with Gasteiger partial charge in [-0.1, -0.05) is 71.6 Å². The summed E-state index contributed by atoms with van der Waals surface area (Å²) in [5.74, 6) is 8.74. The zero-order chi connectivity index (χ0) is 15.1. The maximum atomic E-state index is 2.69. The normalized spacial score (nSPS) is 47.7. The summed E-state index contributed by atoms with van der Waals surface area (Å²) < 4.78 is 0. The summed E-state index contributed by atoms with van der Waals surface area (Å²) in [6.45, 7) is 5.31. The maximum Gasteiger partial charge on any atom is -0.0321 e. The monoisotopic (exact) mass is 302 g/mol. The number of fused-ring (bicyclic) bond motifs is 3. The minimum Gasteiger partial charge on any atom is -0.0622 e. The molecule has 4 fully saturated rings. The van der Waals surface area contributed by atoms with Crippen LogP contribution < -0.4 is 0 Å². The summed E-state index contributed by atoms with van der Waals surface area (Å²) in [4.78, 5) is 0. The Morgan fingerprint density at radius 3 is 2.05 bits per heavy atom. The van der Waals surface area contributed by atoms with Crippen LogP contribution in [0.3, 0.4) is 0 Å². The van der Waals surface area contributed by atoms with Crippen LogP contribution in [0.4, 0.5) is 0 Å². The first-order chi connectivity index (χ1) is 10.8. The second-order valence-corrected chi connectivity index (χ2v) is 9.60. The van der Waals surface area contributed by atoms with Gasteiger partial charge < -0.3 is 0 Å². The summed E-state index contributed by atoms with van der Waals surface area (Å²) in [5, 5.41) is 0. The molecule has 7 unspecified atom stereocenters. The summed E-state index contributed by atoms with van der Waals surface area (Å²) in [6, 6.07) is 0. The number of hydrogen-bond acceptors (Lipinski definition) is 0. The van der Waals surface area contributed by atoms with Gasteiger partial charge in [0.05, 0.1) is 0 Å². The Balaban J connectivity index is 1.59. The molecule has 4 rings (SSSR count). The fourth-order valence-electron chi connectivity index (χ4n) is 7.84. The smallest absolute Gasteiger partial charge is 0.0321 e. The predicted octanol–water partition coefficient (Wildman–Crippen LogP) is 6.69. The van der Waals surface area contributed by atoms with Gasteiger partial charge in [-0.15, -0.1) is 0 Å². The van der Waals surface area contributed by atoms with Gasteiger partial charge in [-0.05, 0) is 66.6 Å². The van der Waals surface area contributed by atoms with Crippen molar-refractivity contribution in [3.63, 3.8) is 0 Å². The highest BCUT2D eigenvalue weighted by Crippen LogP contribution is 2.62. The molecule has 0 heteroatoms. The van der Waals surface area contributed by atoms with Crippen LogP contribution >= 0.6 is 0 Å². The van der Waals surface area contributed by atoms with Crippen LogP contribution in [0.1, 0.15) is 90.9 Å². The second kappa shape index (κ2) is 6.48. The van der Waals surface area contributed by atoms with E-state index >= 15 is 0 Å². The topological polar surface area (TPSA) is 0 Å². The molecule has 4 aliphatic carbocycles. The average Bonchev–Trinajstić information content (AvgIpc) is 2.91. The summed E-state index contributed by atoms with van der Waals surface area (Å²) in [7, 11) is 0. The largest absolute Gasteiger partial charge is 0.0622 e. The molecule has 4 aliphatic rings. The summed E-state index contributed by atoms with van der Waals surface area (Å²) in [6.07, 6.45) is 18.6. The highest BCUT2D eigenvalue weighted by Gasteiger charge is 2.54. The lowest BCUT2D eigenvalue weighted by molar-refractivity contribution is 0.0705. The van der Waals surface area contributed by atoms with Crippen LogP contribution in [0.15, 0.2) is 0 Å². The Labute approximate surface area is 138 Å². The van der Waals surface area contributed by atoms with Crippen molar-refractivity contribution in [3.05, 3.63) is 0 Å². The van der Waals surface area contributed by atoms with Gasteiger partial charge >= 0.3 is 0 Å². The lowest BCUT2D eigenvalue weighted by Crippen LogP contribution is -2.35. The molecule has 0 spiro atoms. The van der Waals surface area contributed by atoms with Crippen molar-refractivity contribution in [1.29, 1.82) is 0 Å². The molecule has 0 heterocycles. The predicted molar refractivity (Wildman–Crippen MR) is 94.7 cm³/mol. The van der Waals surface area contributed by atoms with Crippen molar-refractivity contribution in [3.8, 4) is 0 Å². The third-order valence-corrected chi connectivity index (χ3v) is 8.71. The number of hydrogen-bond donors (Lipinski definition) is 0. The van der Waals surface area contributed by atoms with Crippen molar-refractivity contribution in [2.75, 3.05) is 0 Å². The van der Waals surface area contributed by atoms with Crippen LogP contribution in [0.2, 0.25) is 0 Å². The molecule has 0 N–H and O–H groups in total. The van der Waals surface area contributed by atoms with Gasteiger partial charge in [0.2, 0.25) is 0 Å². The first-order valence-electron chi connectivity index (χ1n) is 10.8. The van der Waals surface area contributed by atoms with E-state index in [4.69, 9.17) is 0 Å². The molecule has 4 saturated carbocycles. The van der Waals surface area contributed by atoms with Gasteiger partial charge in [0.25, 0.3) is 0 Å². The molecular formula is C22H38. The molecule has 0 aromatic rings. The van der Waals surface area contributed by atoms with E-state index in [0.29, 0.717) is 0 Å². The van der Waals surface area contributed by atoms with E-state index < -0.39 is 0 Å². The van der Waals surface area contributed by atoms with Gasteiger partial charge in [-0.2, -0.15) is 0 Å². The quantitative estimate of drug-likeness (QED) is 0.533. The lowest BCUT2D eigenvalue weighted by Gasteiger charge is -2.42. The fraction of sp³-hybridized carbons (Fsp3) is 1.00. The third kappa shape index (κ3) is 2.57. The Morgan fingerprint density at radius 2 is 1.27 bits per heavy atom. The Bertz CT molecular complexity index is 366. The standard InChI is InChI=1S/C22H38/c1-15-9-8-14-19-18-12-6-7-13-20(18)22(21(15)19)16(2)17-10-4-3-5-11-17/h15-22H,3-14H2,1-2H3. The van der Waals surface area contributed by atoms with Crippen LogP contribution in [-0.4, -0.2) is 0 Å². The molecule has 22 heavy (non-hydrogen) atoms. The lowest BCUT2D eigenvalue weighted by atomic mass is 9.63. The van der Waals surface area contributed by atoms with Crippen LogP contribution in [0.25, 0.3) is 0 Å². The van der Waals surface area contributed by atoms with Crippen LogP contribution in [-0.2, 0) is 0 Å². The highest BCUT2D eigenvalue weighted by molar-refractivity contribution is 5.03. The van der Waals surface area contributed by atoms with E-state index in [9.17, 15) is 0 Å². The van der Waals surface area contributed by atoms with E-state index in [1.165, 1.54) is 32.1 Å². The van der Waals surface area contributed by atoms with Crippen molar-refractivity contribution in [2.24, 2.45) is 47.3 Å². The van der Waals surface area contributed by atoms with E-state index in [-0.39, 0.29) is 0 Å². The first kappa shape index (κ1) is 15.5. The maximum absolute atomic E-state index is 2.69. The first-order valence-corrected chi connectivity index (χ1v) is 10.8. The van der Waals surface area contributed by atoms with Crippen LogP contribution in [0.5, 0.6) is 0 Å². The highest BCUT2D eigenvalue weighted by atomic mass is 14.6. The van der Waals surface area contributed by atoms with Crippen LogP contribution in [0, 0.1) is 47.3 Å². The van der Waals surface area contributed by atoms with Gasteiger partial charge in [-0.25, -0.2) is 0 Å². The minimum atomic E-state index is 1.03. The van der Waals surface area contributed by atoms with Crippen molar-refractivity contribution in [1.82, 2.24) is 0 Å². The molecular weight excluding hydrogens is 264 g/mol. The molecule has 126 valence electrons. The van der Waals surface area contributed by atoms with Gasteiger partial charge in [0.1, 0.15) is 0 Å². The van der Waals surface area contributed by atoms with Crippen molar-refractivity contribution < 1.29 is 0 Å². The van der Waals surface area contributed by atoms with Crippen molar-refractivity contribution in [2.45, 2.75) is 90.9 Å². The molecule has 7 atom stereocenters. The molecule has 0 nitrogen and oxygen atoms in total. The molecule has 0 amide bonds. The second-order valence-electron chi connectivity index (χ2n) is 9.60. The molecule has 0 aromatic carbocycles. The van der Waals surface area contributed by atoms with E-state index in [1.54, 1.807) is 44.9 Å². The van der Waals surface area contributed by atoms with Gasteiger partial charge in [-0.3, -0.25) is 0 Å². The minimum absolute atomic E-state index is 1.03. The van der Waals surface area contributed by atoms with E-state index in [0.717, 1.165) is 47.3 Å².